The van der Waals surface area contributed by atoms with Crippen molar-refractivity contribution in [1.29, 1.82) is 0 Å². The number of rotatable bonds is 11. The molecule has 1 N–H and O–H groups in total. The molecular formula is C29H34FN3O4S. The number of amides is 2. The normalized spacial score (nSPS) is 12.9. The van der Waals surface area contributed by atoms with Gasteiger partial charge < -0.3 is 10.2 Å². The number of halogens is 1. The van der Waals surface area contributed by atoms with Crippen LogP contribution in [-0.4, -0.2) is 43.8 Å². The predicted molar refractivity (Wildman–Crippen MR) is 146 cm³/mol. The first-order valence-corrected chi connectivity index (χ1v) is 14.0. The second-order valence-electron chi connectivity index (χ2n) is 9.28. The SMILES string of the molecule is CC[C@@H](C)NC(=O)[C@H](C)N(Cc1ccc(C)cc1)C(=O)CN(c1ccccc1F)S(=O)(=O)c1ccccc1. The molecule has 7 nitrogen and oxygen atoms in total. The first kappa shape index (κ1) is 28.8. The van der Waals surface area contributed by atoms with Gasteiger partial charge in [0.15, 0.2) is 0 Å². The third-order valence-electron chi connectivity index (χ3n) is 6.37. The Balaban J connectivity index is 2.02. The van der Waals surface area contributed by atoms with Crippen molar-refractivity contribution in [2.45, 2.75) is 57.6 Å². The van der Waals surface area contributed by atoms with Crippen LogP contribution in [0.2, 0.25) is 0 Å². The van der Waals surface area contributed by atoms with Gasteiger partial charge in [-0.05, 0) is 57.0 Å². The van der Waals surface area contributed by atoms with Gasteiger partial charge in [0, 0.05) is 12.6 Å². The van der Waals surface area contributed by atoms with Gasteiger partial charge in [0.1, 0.15) is 18.4 Å². The highest BCUT2D eigenvalue weighted by molar-refractivity contribution is 7.92. The number of anilines is 1. The Morgan fingerprint density at radius 2 is 1.53 bits per heavy atom. The molecule has 0 aliphatic heterocycles. The van der Waals surface area contributed by atoms with E-state index in [1.54, 1.807) is 25.1 Å². The number of benzene rings is 3. The predicted octanol–water partition coefficient (Wildman–Crippen LogP) is 4.66. The third kappa shape index (κ3) is 6.98. The van der Waals surface area contributed by atoms with Crippen molar-refractivity contribution in [2.75, 3.05) is 10.8 Å². The van der Waals surface area contributed by atoms with Gasteiger partial charge in [-0.2, -0.15) is 0 Å². The number of sulfonamides is 1. The van der Waals surface area contributed by atoms with Crippen LogP contribution in [-0.2, 0) is 26.2 Å². The molecule has 0 aliphatic rings. The van der Waals surface area contributed by atoms with Gasteiger partial charge in [0.05, 0.1) is 10.6 Å². The molecule has 3 aromatic carbocycles. The van der Waals surface area contributed by atoms with Crippen LogP contribution in [0.25, 0.3) is 0 Å². The Morgan fingerprint density at radius 1 is 0.921 bits per heavy atom. The quantitative estimate of drug-likeness (QED) is 0.384. The lowest BCUT2D eigenvalue weighted by Crippen LogP contribution is -2.52. The summed E-state index contributed by atoms with van der Waals surface area (Å²) in [6, 6.07) is 19.4. The molecule has 0 unspecified atom stereocenters. The van der Waals surface area contributed by atoms with Crippen LogP contribution < -0.4 is 9.62 Å². The van der Waals surface area contributed by atoms with E-state index in [0.717, 1.165) is 21.5 Å². The summed E-state index contributed by atoms with van der Waals surface area (Å²) in [7, 11) is -4.31. The number of hydrogen-bond acceptors (Lipinski definition) is 4. The molecule has 0 aliphatic carbocycles. The van der Waals surface area contributed by atoms with Crippen LogP contribution in [0.5, 0.6) is 0 Å². The van der Waals surface area contributed by atoms with Crippen molar-refractivity contribution < 1.29 is 22.4 Å². The number of para-hydroxylation sites is 1. The summed E-state index contributed by atoms with van der Waals surface area (Å²) in [5, 5.41) is 2.89. The molecule has 3 aromatic rings. The minimum atomic E-state index is -4.31. The van der Waals surface area contributed by atoms with Crippen LogP contribution in [0.3, 0.4) is 0 Å². The second-order valence-corrected chi connectivity index (χ2v) is 11.1. The maximum Gasteiger partial charge on any atom is 0.264 e. The molecular weight excluding hydrogens is 505 g/mol. The lowest BCUT2D eigenvalue weighted by atomic mass is 10.1. The minimum Gasteiger partial charge on any atom is -0.352 e. The average Bonchev–Trinajstić information content (AvgIpc) is 2.91. The van der Waals surface area contributed by atoms with Gasteiger partial charge in [-0.15, -0.1) is 0 Å². The zero-order valence-corrected chi connectivity index (χ0v) is 22.9. The van der Waals surface area contributed by atoms with Crippen LogP contribution in [0.1, 0.15) is 38.3 Å². The third-order valence-corrected chi connectivity index (χ3v) is 8.15. The minimum absolute atomic E-state index is 0.0741. The number of hydrogen-bond donors (Lipinski definition) is 1. The molecule has 9 heteroatoms. The fourth-order valence-corrected chi connectivity index (χ4v) is 5.27. The van der Waals surface area contributed by atoms with Gasteiger partial charge in [-0.1, -0.05) is 67.1 Å². The van der Waals surface area contributed by atoms with E-state index in [2.05, 4.69) is 5.32 Å². The molecule has 3 rings (SSSR count). The molecule has 0 aromatic heterocycles. The highest BCUT2D eigenvalue weighted by Gasteiger charge is 2.33. The number of aryl methyl sites for hydroxylation is 1. The molecule has 0 saturated carbocycles. The van der Waals surface area contributed by atoms with Crippen molar-refractivity contribution in [3.63, 3.8) is 0 Å². The zero-order chi connectivity index (χ0) is 27.9. The molecule has 0 radical (unpaired) electrons. The van der Waals surface area contributed by atoms with Gasteiger partial charge >= 0.3 is 0 Å². The molecule has 0 saturated heterocycles. The highest BCUT2D eigenvalue weighted by atomic mass is 32.2. The summed E-state index contributed by atoms with van der Waals surface area (Å²) >= 11 is 0. The fraction of sp³-hybridized carbons (Fsp3) is 0.310. The van der Waals surface area contributed by atoms with Gasteiger partial charge in [0.25, 0.3) is 10.0 Å². The first-order chi connectivity index (χ1) is 18.0. The van der Waals surface area contributed by atoms with Crippen LogP contribution >= 0.6 is 0 Å². The Bertz CT molecular complexity index is 1350. The Kier molecular flexibility index (Phi) is 9.63. The number of nitrogens with zero attached hydrogens (tertiary/aromatic N) is 2. The summed E-state index contributed by atoms with van der Waals surface area (Å²) in [5.74, 6) is -1.78. The van der Waals surface area contributed by atoms with Crippen molar-refractivity contribution in [3.05, 3.63) is 95.8 Å². The van der Waals surface area contributed by atoms with E-state index in [1.165, 1.54) is 35.2 Å². The van der Waals surface area contributed by atoms with Crippen molar-refractivity contribution in [2.24, 2.45) is 0 Å². The zero-order valence-electron chi connectivity index (χ0n) is 22.1. The van der Waals surface area contributed by atoms with Crippen molar-refractivity contribution >= 4 is 27.5 Å². The van der Waals surface area contributed by atoms with Crippen LogP contribution in [0.4, 0.5) is 10.1 Å². The molecule has 0 spiro atoms. The topological polar surface area (TPSA) is 86.8 Å². The molecule has 0 fully saturated rings. The Hall–Kier alpha value is -3.72. The van der Waals surface area contributed by atoms with E-state index in [1.807, 2.05) is 45.0 Å². The summed E-state index contributed by atoms with van der Waals surface area (Å²) in [6.07, 6.45) is 0.709. The summed E-state index contributed by atoms with van der Waals surface area (Å²) < 4.78 is 42.9. The van der Waals surface area contributed by atoms with E-state index >= 15 is 0 Å². The molecule has 2 atom stereocenters. The summed E-state index contributed by atoms with van der Waals surface area (Å²) in [4.78, 5) is 28.1. The largest absolute Gasteiger partial charge is 0.352 e. The monoisotopic (exact) mass is 539 g/mol. The van der Waals surface area contributed by atoms with E-state index in [-0.39, 0.29) is 29.1 Å². The van der Waals surface area contributed by atoms with E-state index in [9.17, 15) is 22.4 Å². The average molecular weight is 540 g/mol. The maximum absolute atomic E-state index is 14.9. The second kappa shape index (κ2) is 12.7. The summed E-state index contributed by atoms with van der Waals surface area (Å²) in [5.41, 5.74) is 1.56. The lowest BCUT2D eigenvalue weighted by Gasteiger charge is -2.32. The number of carbonyl (C=O) groups excluding carboxylic acids is 2. The van der Waals surface area contributed by atoms with Crippen LogP contribution in [0.15, 0.2) is 83.8 Å². The van der Waals surface area contributed by atoms with Gasteiger partial charge in [0.2, 0.25) is 11.8 Å². The molecule has 38 heavy (non-hydrogen) atoms. The fourth-order valence-electron chi connectivity index (χ4n) is 3.83. The summed E-state index contributed by atoms with van der Waals surface area (Å²) in [6.45, 7) is 6.73. The molecule has 0 heterocycles. The highest BCUT2D eigenvalue weighted by Crippen LogP contribution is 2.27. The van der Waals surface area contributed by atoms with Gasteiger partial charge in [-0.3, -0.25) is 13.9 Å². The van der Waals surface area contributed by atoms with Crippen molar-refractivity contribution in [3.8, 4) is 0 Å². The maximum atomic E-state index is 14.9. The van der Waals surface area contributed by atoms with E-state index < -0.39 is 34.3 Å². The Morgan fingerprint density at radius 3 is 2.13 bits per heavy atom. The molecule has 0 bridgehead atoms. The first-order valence-electron chi connectivity index (χ1n) is 12.5. The Labute approximate surface area is 224 Å². The number of nitrogens with one attached hydrogen (secondary N) is 1. The van der Waals surface area contributed by atoms with E-state index in [0.29, 0.717) is 6.42 Å². The standard InChI is InChI=1S/C29H34FN3O4S/c1-5-22(3)31-29(35)23(4)32(19-24-17-15-21(2)16-18-24)28(34)20-33(27-14-10-9-13-26(27)30)38(36,37)25-11-7-6-8-12-25/h6-18,22-23H,5,19-20H2,1-4H3,(H,31,35)/t22-,23+/m1/s1. The lowest BCUT2D eigenvalue weighted by molar-refractivity contribution is -0.139. The van der Waals surface area contributed by atoms with Crippen molar-refractivity contribution in [1.82, 2.24) is 10.2 Å². The van der Waals surface area contributed by atoms with Gasteiger partial charge in [-0.25, -0.2) is 12.8 Å². The smallest absolute Gasteiger partial charge is 0.264 e. The van der Waals surface area contributed by atoms with Crippen LogP contribution in [0, 0.1) is 12.7 Å². The number of carbonyl (C=O) groups is 2. The van der Waals surface area contributed by atoms with E-state index in [4.69, 9.17) is 0 Å². The molecule has 2 amide bonds. The molecule has 202 valence electrons.